The molecule has 3 nitrogen and oxygen atoms in total. The predicted molar refractivity (Wildman–Crippen MR) is 73.2 cm³/mol. The summed E-state index contributed by atoms with van der Waals surface area (Å²) in [5.41, 5.74) is 0.821. The molecule has 1 aromatic rings. The van der Waals surface area contributed by atoms with Crippen LogP contribution in [-0.4, -0.2) is 32.1 Å². The molecule has 0 radical (unpaired) electrons. The van der Waals surface area contributed by atoms with Gasteiger partial charge in [0, 0.05) is 18.9 Å². The van der Waals surface area contributed by atoms with Gasteiger partial charge in [-0.1, -0.05) is 12.1 Å². The van der Waals surface area contributed by atoms with Crippen LogP contribution in [0.25, 0.3) is 6.08 Å². The molecule has 1 heterocycles. The van der Waals surface area contributed by atoms with Crippen LogP contribution in [0, 0.1) is 5.82 Å². The third-order valence-corrected chi connectivity index (χ3v) is 3.39. The van der Waals surface area contributed by atoms with E-state index in [2.05, 4.69) is 5.32 Å². The van der Waals surface area contributed by atoms with Crippen LogP contribution in [0.1, 0.15) is 18.4 Å². The average molecular weight is 263 g/mol. The largest absolute Gasteiger partial charge is 0.347 e. The Kier molecular flexibility index (Phi) is 5.10. The van der Waals surface area contributed by atoms with E-state index in [0.29, 0.717) is 6.54 Å². The van der Waals surface area contributed by atoms with Crippen molar-refractivity contribution < 1.29 is 14.1 Å². The molecule has 0 atom stereocenters. The van der Waals surface area contributed by atoms with E-state index in [1.807, 2.05) is 0 Å². The van der Waals surface area contributed by atoms with Gasteiger partial charge in [-0.15, -0.1) is 0 Å². The van der Waals surface area contributed by atoms with Crippen molar-refractivity contribution in [1.82, 2.24) is 5.32 Å². The number of halogens is 1. The minimum atomic E-state index is -0.268. The molecule has 1 amide bonds. The summed E-state index contributed by atoms with van der Waals surface area (Å²) in [6.07, 6.45) is 5.78. The van der Waals surface area contributed by atoms with Crippen LogP contribution in [0.5, 0.6) is 0 Å². The van der Waals surface area contributed by atoms with E-state index in [4.69, 9.17) is 0 Å². The molecule has 1 saturated heterocycles. The second-order valence-corrected chi connectivity index (χ2v) is 4.88. The highest BCUT2D eigenvalue weighted by Crippen LogP contribution is 2.04. The van der Waals surface area contributed by atoms with Gasteiger partial charge in [-0.25, -0.2) is 4.39 Å². The van der Waals surface area contributed by atoms with E-state index in [1.54, 1.807) is 23.1 Å². The van der Waals surface area contributed by atoms with Gasteiger partial charge in [0.1, 0.15) is 5.82 Å². The molecule has 0 spiro atoms. The highest BCUT2D eigenvalue weighted by atomic mass is 19.1. The Morgan fingerprint density at radius 1 is 1.26 bits per heavy atom. The van der Waals surface area contributed by atoms with Gasteiger partial charge in [-0.05, 0) is 23.8 Å². The third kappa shape index (κ3) is 4.83. The topological polar surface area (TPSA) is 33.5 Å². The Bertz CT molecular complexity index is 436. The van der Waals surface area contributed by atoms with E-state index >= 15 is 0 Å². The fourth-order valence-electron chi connectivity index (χ4n) is 2.29. The summed E-state index contributed by atoms with van der Waals surface area (Å²) in [4.78, 5) is 13.1. The molecule has 1 aromatic carbocycles. The molecule has 19 heavy (non-hydrogen) atoms. The number of hydrogen-bond acceptors (Lipinski definition) is 1. The number of amides is 1. The molecular formula is C15H20FN2O+. The number of nitrogens with one attached hydrogen (secondary N) is 2. The van der Waals surface area contributed by atoms with Gasteiger partial charge < -0.3 is 10.2 Å². The first-order valence-electron chi connectivity index (χ1n) is 6.79. The van der Waals surface area contributed by atoms with Gasteiger partial charge in [-0.3, -0.25) is 4.79 Å². The lowest BCUT2D eigenvalue weighted by Gasteiger charge is -2.11. The molecule has 1 aliphatic rings. The van der Waals surface area contributed by atoms with Crippen LogP contribution in [-0.2, 0) is 4.79 Å². The Morgan fingerprint density at radius 3 is 2.63 bits per heavy atom. The Balaban J connectivity index is 1.69. The SMILES string of the molecule is O=C(/C=C/c1ccc(F)cc1)NCC[NH+]1CCCC1. The summed E-state index contributed by atoms with van der Waals surface area (Å²) < 4.78 is 12.7. The number of quaternary nitrogens is 1. The molecule has 0 aliphatic carbocycles. The van der Waals surface area contributed by atoms with Crippen molar-refractivity contribution in [3.63, 3.8) is 0 Å². The van der Waals surface area contributed by atoms with Crippen LogP contribution in [0.3, 0.4) is 0 Å². The number of benzene rings is 1. The van der Waals surface area contributed by atoms with Crippen LogP contribution >= 0.6 is 0 Å². The summed E-state index contributed by atoms with van der Waals surface area (Å²) in [6, 6.07) is 6.06. The van der Waals surface area contributed by atoms with E-state index in [9.17, 15) is 9.18 Å². The van der Waals surface area contributed by atoms with E-state index in [-0.39, 0.29) is 11.7 Å². The predicted octanol–water partition coefficient (Wildman–Crippen LogP) is 0.634. The molecule has 1 fully saturated rings. The maximum absolute atomic E-state index is 12.7. The highest BCUT2D eigenvalue weighted by Gasteiger charge is 2.14. The quantitative estimate of drug-likeness (QED) is 0.751. The molecule has 0 aromatic heterocycles. The van der Waals surface area contributed by atoms with E-state index in [0.717, 1.165) is 12.1 Å². The molecule has 0 bridgehead atoms. The normalized spacial score (nSPS) is 16.1. The molecule has 2 rings (SSSR count). The second kappa shape index (κ2) is 7.04. The minimum absolute atomic E-state index is 0.0945. The van der Waals surface area contributed by atoms with Gasteiger partial charge in [0.25, 0.3) is 0 Å². The second-order valence-electron chi connectivity index (χ2n) is 4.88. The van der Waals surface area contributed by atoms with Crippen molar-refractivity contribution in [3.8, 4) is 0 Å². The summed E-state index contributed by atoms with van der Waals surface area (Å²) in [5, 5.41) is 2.87. The first-order chi connectivity index (χ1) is 9.24. The summed E-state index contributed by atoms with van der Waals surface area (Å²) in [6.45, 7) is 4.15. The smallest absolute Gasteiger partial charge is 0.244 e. The number of carbonyl (C=O) groups is 1. The molecule has 0 unspecified atom stereocenters. The molecular weight excluding hydrogens is 243 g/mol. The Hall–Kier alpha value is -1.68. The zero-order chi connectivity index (χ0) is 13.5. The number of rotatable bonds is 5. The first-order valence-corrected chi connectivity index (χ1v) is 6.79. The monoisotopic (exact) mass is 263 g/mol. The van der Waals surface area contributed by atoms with Gasteiger partial charge >= 0.3 is 0 Å². The Labute approximate surface area is 113 Å². The van der Waals surface area contributed by atoms with Crippen LogP contribution < -0.4 is 10.2 Å². The molecule has 102 valence electrons. The van der Waals surface area contributed by atoms with Crippen molar-refractivity contribution in [1.29, 1.82) is 0 Å². The van der Waals surface area contributed by atoms with Gasteiger partial charge in [0.15, 0.2) is 0 Å². The lowest BCUT2D eigenvalue weighted by Crippen LogP contribution is -3.10. The number of likely N-dealkylation sites (tertiary alicyclic amines) is 1. The van der Waals surface area contributed by atoms with Crippen molar-refractivity contribution in [3.05, 3.63) is 41.7 Å². The third-order valence-electron chi connectivity index (χ3n) is 3.39. The lowest BCUT2D eigenvalue weighted by atomic mass is 10.2. The molecule has 2 N–H and O–H groups in total. The number of carbonyl (C=O) groups excluding carboxylic acids is 1. The fraction of sp³-hybridized carbons (Fsp3) is 0.400. The maximum atomic E-state index is 12.7. The number of hydrogen-bond donors (Lipinski definition) is 2. The van der Waals surface area contributed by atoms with Gasteiger partial charge in [0.05, 0.1) is 26.2 Å². The fourth-order valence-corrected chi connectivity index (χ4v) is 2.29. The van der Waals surface area contributed by atoms with Crippen molar-refractivity contribution in [2.24, 2.45) is 0 Å². The summed E-state index contributed by atoms with van der Waals surface area (Å²) >= 11 is 0. The van der Waals surface area contributed by atoms with Gasteiger partial charge in [-0.2, -0.15) is 0 Å². The standard InChI is InChI=1S/C15H19FN2O/c16-14-6-3-13(4-7-14)5-8-15(19)17-9-12-18-10-1-2-11-18/h3-8H,1-2,9-12H2,(H,17,19)/p+1/b8-5+. The van der Waals surface area contributed by atoms with E-state index < -0.39 is 0 Å². The van der Waals surface area contributed by atoms with Crippen LogP contribution in [0.15, 0.2) is 30.3 Å². The summed E-state index contributed by atoms with van der Waals surface area (Å²) in [7, 11) is 0. The Morgan fingerprint density at radius 2 is 1.95 bits per heavy atom. The van der Waals surface area contributed by atoms with Crippen LogP contribution in [0.2, 0.25) is 0 Å². The zero-order valence-electron chi connectivity index (χ0n) is 11.0. The molecule has 4 heteroatoms. The van der Waals surface area contributed by atoms with E-state index in [1.165, 1.54) is 44.1 Å². The zero-order valence-corrected chi connectivity index (χ0v) is 11.0. The first kappa shape index (κ1) is 13.7. The highest BCUT2D eigenvalue weighted by molar-refractivity contribution is 5.91. The molecule has 0 saturated carbocycles. The van der Waals surface area contributed by atoms with Gasteiger partial charge in [0.2, 0.25) is 5.91 Å². The lowest BCUT2D eigenvalue weighted by molar-refractivity contribution is -0.886. The minimum Gasteiger partial charge on any atom is -0.347 e. The molecule has 1 aliphatic heterocycles. The van der Waals surface area contributed by atoms with Crippen molar-refractivity contribution in [2.75, 3.05) is 26.2 Å². The van der Waals surface area contributed by atoms with Crippen molar-refractivity contribution in [2.45, 2.75) is 12.8 Å². The van der Waals surface area contributed by atoms with Crippen LogP contribution in [0.4, 0.5) is 4.39 Å². The average Bonchev–Trinajstić information content (AvgIpc) is 2.91. The van der Waals surface area contributed by atoms with Crippen molar-refractivity contribution >= 4 is 12.0 Å². The maximum Gasteiger partial charge on any atom is 0.244 e. The summed E-state index contributed by atoms with van der Waals surface area (Å²) in [5.74, 6) is -0.363.